The Morgan fingerprint density at radius 2 is 1.64 bits per heavy atom. The predicted octanol–water partition coefficient (Wildman–Crippen LogP) is 3.34. The van der Waals surface area contributed by atoms with Crippen molar-refractivity contribution in [2.24, 2.45) is 0 Å². The zero-order chi connectivity index (χ0) is 15.4. The van der Waals surface area contributed by atoms with Crippen LogP contribution in [0.4, 0.5) is 0 Å². The van der Waals surface area contributed by atoms with Gasteiger partial charge < -0.3 is 4.74 Å². The molecule has 2 unspecified atom stereocenters. The fraction of sp³-hybridized carbons (Fsp3) is 0.167. The van der Waals surface area contributed by atoms with Crippen LogP contribution < -0.4 is 0 Å². The maximum atomic E-state index is 12.8. The number of hydrogen-bond acceptors (Lipinski definition) is 3. The average molecular weight is 295 g/mol. The molecule has 4 nitrogen and oxygen atoms in total. The van der Waals surface area contributed by atoms with Gasteiger partial charge in [0.05, 0.1) is 0 Å². The largest absolute Gasteiger partial charge is 0.350 e. The van der Waals surface area contributed by atoms with Crippen LogP contribution >= 0.6 is 0 Å². The Labute approximate surface area is 129 Å². The molecule has 2 atom stereocenters. The summed E-state index contributed by atoms with van der Waals surface area (Å²) in [5, 5.41) is 1.37. The van der Waals surface area contributed by atoms with Gasteiger partial charge >= 0.3 is 0 Å². The van der Waals surface area contributed by atoms with Crippen molar-refractivity contribution in [1.82, 2.24) is 5.06 Å². The SMILES string of the molecule is COC1C=CC(c2ccccc2)N(C(=O)c2ccccc2)O1. The minimum absolute atomic E-state index is 0.194. The Hall–Kier alpha value is -2.43. The molecule has 1 aliphatic heterocycles. The van der Waals surface area contributed by atoms with E-state index in [9.17, 15) is 4.79 Å². The van der Waals surface area contributed by atoms with Crippen molar-refractivity contribution in [3.63, 3.8) is 0 Å². The van der Waals surface area contributed by atoms with E-state index in [0.717, 1.165) is 5.56 Å². The summed E-state index contributed by atoms with van der Waals surface area (Å²) in [5.41, 5.74) is 1.56. The number of benzene rings is 2. The first-order valence-corrected chi connectivity index (χ1v) is 7.11. The maximum absolute atomic E-state index is 12.8. The van der Waals surface area contributed by atoms with Gasteiger partial charge in [-0.2, -0.15) is 0 Å². The van der Waals surface area contributed by atoms with Crippen LogP contribution in [0.15, 0.2) is 72.8 Å². The lowest BCUT2D eigenvalue weighted by Gasteiger charge is -2.34. The van der Waals surface area contributed by atoms with Crippen molar-refractivity contribution in [2.45, 2.75) is 12.3 Å². The highest BCUT2D eigenvalue weighted by Crippen LogP contribution is 2.29. The molecule has 1 amide bonds. The van der Waals surface area contributed by atoms with Crippen LogP contribution in [0.25, 0.3) is 0 Å². The number of nitrogens with zero attached hydrogens (tertiary/aromatic N) is 1. The number of hydrogen-bond donors (Lipinski definition) is 0. The molecule has 0 aliphatic carbocycles. The minimum Gasteiger partial charge on any atom is -0.350 e. The van der Waals surface area contributed by atoms with Crippen molar-refractivity contribution in [3.8, 4) is 0 Å². The van der Waals surface area contributed by atoms with E-state index >= 15 is 0 Å². The van der Waals surface area contributed by atoms with Crippen molar-refractivity contribution >= 4 is 5.91 Å². The second-order valence-corrected chi connectivity index (χ2v) is 4.95. The minimum atomic E-state index is -0.562. The van der Waals surface area contributed by atoms with Gasteiger partial charge in [0.25, 0.3) is 5.91 Å². The lowest BCUT2D eigenvalue weighted by Crippen LogP contribution is -2.40. The number of methoxy groups -OCH3 is 1. The highest BCUT2D eigenvalue weighted by Gasteiger charge is 2.31. The summed E-state index contributed by atoms with van der Waals surface area (Å²) in [5.74, 6) is -0.194. The number of rotatable bonds is 3. The molecule has 0 bridgehead atoms. The van der Waals surface area contributed by atoms with Crippen molar-refractivity contribution in [1.29, 1.82) is 0 Å². The summed E-state index contributed by atoms with van der Waals surface area (Å²) >= 11 is 0. The first-order valence-electron chi connectivity index (χ1n) is 7.11. The van der Waals surface area contributed by atoms with Gasteiger partial charge in [0.2, 0.25) is 6.29 Å². The summed E-state index contributed by atoms with van der Waals surface area (Å²) in [6, 6.07) is 18.6. The van der Waals surface area contributed by atoms with Crippen LogP contribution in [-0.4, -0.2) is 24.4 Å². The molecule has 0 fully saturated rings. The zero-order valence-corrected chi connectivity index (χ0v) is 12.3. The summed E-state index contributed by atoms with van der Waals surface area (Å²) in [6.45, 7) is 0. The van der Waals surface area contributed by atoms with Crippen molar-refractivity contribution in [3.05, 3.63) is 83.9 Å². The van der Waals surface area contributed by atoms with Crippen molar-refractivity contribution in [2.75, 3.05) is 7.11 Å². The maximum Gasteiger partial charge on any atom is 0.278 e. The van der Waals surface area contributed by atoms with Crippen LogP contribution in [0, 0.1) is 0 Å². The molecule has 0 radical (unpaired) electrons. The molecular weight excluding hydrogens is 278 g/mol. The highest BCUT2D eigenvalue weighted by atomic mass is 16.8. The molecule has 1 aliphatic rings. The molecule has 0 spiro atoms. The van der Waals surface area contributed by atoms with E-state index in [1.165, 1.54) is 5.06 Å². The number of carbonyl (C=O) groups excluding carboxylic acids is 1. The van der Waals surface area contributed by atoms with Gasteiger partial charge in [-0.15, -0.1) is 0 Å². The Morgan fingerprint density at radius 1 is 1.00 bits per heavy atom. The monoisotopic (exact) mass is 295 g/mol. The standard InChI is InChI=1S/C18H17NO3/c1-21-17-13-12-16(14-8-4-2-5-9-14)19(22-17)18(20)15-10-6-3-7-11-15/h2-13,16-17H,1H3. The summed E-state index contributed by atoms with van der Waals surface area (Å²) in [6.07, 6.45) is 3.17. The smallest absolute Gasteiger partial charge is 0.278 e. The lowest BCUT2D eigenvalue weighted by atomic mass is 10.0. The van der Waals surface area contributed by atoms with Gasteiger partial charge in [-0.25, -0.2) is 9.90 Å². The van der Waals surface area contributed by atoms with Gasteiger partial charge in [0, 0.05) is 12.7 Å². The number of ether oxygens (including phenoxy) is 1. The number of hydroxylamine groups is 2. The second-order valence-electron chi connectivity index (χ2n) is 4.95. The van der Waals surface area contributed by atoms with Crippen LogP contribution in [0.1, 0.15) is 22.0 Å². The van der Waals surface area contributed by atoms with Crippen LogP contribution in [0.2, 0.25) is 0 Å². The Bertz CT molecular complexity index is 655. The Balaban J connectivity index is 1.94. The average Bonchev–Trinajstić information content (AvgIpc) is 2.62. The van der Waals surface area contributed by atoms with Crippen LogP contribution in [0.5, 0.6) is 0 Å². The first kappa shape index (κ1) is 14.5. The molecule has 1 heterocycles. The molecule has 0 saturated heterocycles. The molecule has 22 heavy (non-hydrogen) atoms. The van der Waals surface area contributed by atoms with Gasteiger partial charge in [0.15, 0.2) is 0 Å². The molecule has 3 rings (SSSR count). The van der Waals surface area contributed by atoms with Gasteiger partial charge in [-0.3, -0.25) is 4.79 Å². The predicted molar refractivity (Wildman–Crippen MR) is 82.8 cm³/mol. The second kappa shape index (κ2) is 6.56. The topological polar surface area (TPSA) is 38.8 Å². The van der Waals surface area contributed by atoms with E-state index in [-0.39, 0.29) is 11.9 Å². The van der Waals surface area contributed by atoms with E-state index in [1.807, 2.05) is 60.7 Å². The molecule has 2 aromatic carbocycles. The molecule has 2 aromatic rings. The van der Waals surface area contributed by atoms with Crippen LogP contribution in [-0.2, 0) is 9.57 Å². The van der Waals surface area contributed by atoms with E-state index in [1.54, 1.807) is 19.2 Å². The summed E-state index contributed by atoms with van der Waals surface area (Å²) in [4.78, 5) is 18.5. The third kappa shape index (κ3) is 2.93. The number of amides is 1. The first-order chi connectivity index (χ1) is 10.8. The van der Waals surface area contributed by atoms with E-state index in [0.29, 0.717) is 5.56 Å². The van der Waals surface area contributed by atoms with Crippen molar-refractivity contribution < 1.29 is 14.4 Å². The van der Waals surface area contributed by atoms with E-state index in [4.69, 9.17) is 9.57 Å². The molecule has 112 valence electrons. The third-order valence-electron chi connectivity index (χ3n) is 3.51. The molecule has 0 aromatic heterocycles. The Morgan fingerprint density at radius 3 is 2.27 bits per heavy atom. The normalized spacial score (nSPS) is 20.9. The molecule has 4 heteroatoms. The Kier molecular flexibility index (Phi) is 4.32. The molecular formula is C18H17NO3. The third-order valence-corrected chi connectivity index (χ3v) is 3.51. The fourth-order valence-electron chi connectivity index (χ4n) is 2.39. The fourth-order valence-corrected chi connectivity index (χ4v) is 2.39. The quantitative estimate of drug-likeness (QED) is 0.815. The van der Waals surface area contributed by atoms with Crippen LogP contribution in [0.3, 0.4) is 0 Å². The van der Waals surface area contributed by atoms with E-state index in [2.05, 4.69) is 0 Å². The van der Waals surface area contributed by atoms with Gasteiger partial charge in [-0.1, -0.05) is 54.6 Å². The van der Waals surface area contributed by atoms with E-state index < -0.39 is 6.29 Å². The van der Waals surface area contributed by atoms with Gasteiger partial charge in [0.1, 0.15) is 6.04 Å². The molecule has 0 N–H and O–H groups in total. The number of carbonyl (C=O) groups is 1. The summed E-state index contributed by atoms with van der Waals surface area (Å²) in [7, 11) is 1.54. The summed E-state index contributed by atoms with van der Waals surface area (Å²) < 4.78 is 5.19. The highest BCUT2D eigenvalue weighted by molar-refractivity contribution is 5.94. The van der Waals surface area contributed by atoms with Gasteiger partial charge in [-0.05, 0) is 23.8 Å². The zero-order valence-electron chi connectivity index (χ0n) is 12.3. The molecule has 0 saturated carbocycles. The lowest BCUT2D eigenvalue weighted by molar-refractivity contribution is -0.245.